The molecule has 0 bridgehead atoms. The third-order valence-electron chi connectivity index (χ3n) is 3.96. The predicted octanol–water partition coefficient (Wildman–Crippen LogP) is 4.46. The Labute approximate surface area is 148 Å². The van der Waals surface area contributed by atoms with Gasteiger partial charge >= 0.3 is 0 Å². The zero-order valence-corrected chi connectivity index (χ0v) is 14.7. The van der Waals surface area contributed by atoms with Crippen molar-refractivity contribution < 1.29 is 0 Å². The van der Waals surface area contributed by atoms with Gasteiger partial charge in [-0.05, 0) is 25.0 Å². The first-order chi connectivity index (χ1) is 11.0. The van der Waals surface area contributed by atoms with Crippen molar-refractivity contribution in [2.45, 2.75) is 28.0 Å². The third-order valence-corrected chi connectivity index (χ3v) is 6.22. The maximum atomic E-state index is 6.35. The van der Waals surface area contributed by atoms with Crippen LogP contribution in [-0.4, -0.2) is 23.9 Å². The molecule has 2 aromatic heterocycles. The lowest BCUT2D eigenvalue weighted by atomic mass is 10.1. The summed E-state index contributed by atoms with van der Waals surface area (Å²) in [5, 5.41) is 5.44. The highest BCUT2D eigenvalue weighted by molar-refractivity contribution is 7.99. The van der Waals surface area contributed by atoms with Gasteiger partial charge in [-0.2, -0.15) is 14.6 Å². The summed E-state index contributed by atoms with van der Waals surface area (Å²) < 4.78 is 1.12. The fourth-order valence-corrected chi connectivity index (χ4v) is 4.95. The van der Waals surface area contributed by atoms with Gasteiger partial charge in [0.1, 0.15) is 15.7 Å². The van der Waals surface area contributed by atoms with E-state index in [9.17, 15) is 0 Å². The number of thioether (sulfide) groups is 1. The van der Waals surface area contributed by atoms with Gasteiger partial charge < -0.3 is 0 Å². The topological polar surface area (TPSA) is 43.1 Å². The number of halogens is 2. The summed E-state index contributed by atoms with van der Waals surface area (Å²) in [7, 11) is 0. The molecule has 0 N–H and O–H groups in total. The second-order valence-corrected chi connectivity index (χ2v) is 8.43. The summed E-state index contributed by atoms with van der Waals surface area (Å²) in [6.45, 7) is 1.96. The summed E-state index contributed by atoms with van der Waals surface area (Å²) in [6.07, 6.45) is 2.32. The molecule has 7 heteroatoms. The Morgan fingerprint density at radius 3 is 2.74 bits per heavy atom. The van der Waals surface area contributed by atoms with E-state index >= 15 is 0 Å². The number of fused-ring (bicyclic) bond motifs is 1. The molecular formula is C16H14Cl2N4S. The smallest absolute Gasteiger partial charge is 0.216 e. The lowest BCUT2D eigenvalue weighted by Crippen LogP contribution is -2.05. The van der Waals surface area contributed by atoms with Gasteiger partial charge in [-0.3, -0.25) is 0 Å². The zero-order valence-electron chi connectivity index (χ0n) is 12.4. The molecule has 0 spiro atoms. The molecule has 1 aliphatic rings. The standard InChI is InChI=1S/C16H14Cl2N4S/c1-10-7-13(22-15(21-10)19-9-20-22)23-14(12-8-16(12,17)18)11-5-3-2-4-6-11/h2-7,9,12,14H,8H2,1H3. The van der Waals surface area contributed by atoms with Crippen LogP contribution in [0.2, 0.25) is 0 Å². The number of rotatable bonds is 4. The first kappa shape index (κ1) is 15.2. The van der Waals surface area contributed by atoms with Crippen LogP contribution in [0.25, 0.3) is 5.78 Å². The minimum absolute atomic E-state index is 0.167. The van der Waals surface area contributed by atoms with Crippen LogP contribution in [0.4, 0.5) is 0 Å². The predicted molar refractivity (Wildman–Crippen MR) is 93.1 cm³/mol. The third kappa shape index (κ3) is 2.93. The SMILES string of the molecule is Cc1cc(SC(c2ccccc2)C2CC2(Cl)Cl)n2ncnc2n1. The molecule has 4 nitrogen and oxygen atoms in total. The number of alkyl halides is 2. The molecule has 23 heavy (non-hydrogen) atoms. The van der Waals surface area contributed by atoms with E-state index in [0.717, 1.165) is 17.1 Å². The van der Waals surface area contributed by atoms with Crippen LogP contribution >= 0.6 is 35.0 Å². The molecule has 0 saturated heterocycles. The Balaban J connectivity index is 1.74. The molecular weight excluding hydrogens is 351 g/mol. The Morgan fingerprint density at radius 2 is 2.04 bits per heavy atom. The maximum absolute atomic E-state index is 6.35. The molecule has 0 amide bonds. The minimum Gasteiger partial charge on any atom is -0.216 e. The highest BCUT2D eigenvalue weighted by atomic mass is 35.5. The van der Waals surface area contributed by atoms with E-state index in [1.807, 2.05) is 31.2 Å². The molecule has 0 radical (unpaired) electrons. The van der Waals surface area contributed by atoms with E-state index in [0.29, 0.717) is 5.78 Å². The largest absolute Gasteiger partial charge is 0.253 e. The molecule has 1 aliphatic carbocycles. The van der Waals surface area contributed by atoms with E-state index in [-0.39, 0.29) is 11.2 Å². The molecule has 0 aliphatic heterocycles. The van der Waals surface area contributed by atoms with Crippen LogP contribution in [0.5, 0.6) is 0 Å². The summed E-state index contributed by atoms with van der Waals surface area (Å²) >= 11 is 14.4. The lowest BCUT2D eigenvalue weighted by Gasteiger charge is -2.18. The quantitative estimate of drug-likeness (QED) is 0.389. The van der Waals surface area contributed by atoms with Crippen LogP contribution in [0, 0.1) is 12.8 Å². The van der Waals surface area contributed by atoms with Crippen LogP contribution in [0.3, 0.4) is 0 Å². The first-order valence-corrected chi connectivity index (χ1v) is 8.95. The van der Waals surface area contributed by atoms with Crippen molar-refractivity contribution in [2.75, 3.05) is 0 Å². The number of aryl methyl sites for hydroxylation is 1. The number of aromatic nitrogens is 4. The Kier molecular flexibility index (Phi) is 3.75. The summed E-state index contributed by atoms with van der Waals surface area (Å²) in [4.78, 5) is 8.57. The average molecular weight is 365 g/mol. The number of hydrogen-bond acceptors (Lipinski definition) is 4. The summed E-state index contributed by atoms with van der Waals surface area (Å²) in [5.41, 5.74) is 2.13. The van der Waals surface area contributed by atoms with Crippen LogP contribution in [-0.2, 0) is 0 Å². The summed E-state index contributed by atoms with van der Waals surface area (Å²) in [6, 6.07) is 12.4. The van der Waals surface area contributed by atoms with Gasteiger partial charge in [0.2, 0.25) is 0 Å². The van der Waals surface area contributed by atoms with E-state index in [1.165, 1.54) is 11.9 Å². The first-order valence-electron chi connectivity index (χ1n) is 7.31. The van der Waals surface area contributed by atoms with Crippen LogP contribution < -0.4 is 0 Å². The molecule has 2 unspecified atom stereocenters. The van der Waals surface area contributed by atoms with Gasteiger partial charge in [-0.25, -0.2) is 4.98 Å². The number of nitrogens with zero attached hydrogens (tertiary/aromatic N) is 4. The van der Waals surface area contributed by atoms with Crippen molar-refractivity contribution in [3.8, 4) is 0 Å². The van der Waals surface area contributed by atoms with Gasteiger partial charge in [0.25, 0.3) is 5.78 Å². The van der Waals surface area contributed by atoms with Crippen LogP contribution in [0.15, 0.2) is 47.8 Å². The number of hydrogen-bond donors (Lipinski definition) is 0. The van der Waals surface area contributed by atoms with Crippen molar-refractivity contribution in [3.63, 3.8) is 0 Å². The fourth-order valence-electron chi connectivity index (χ4n) is 2.70. The molecule has 4 rings (SSSR count). The van der Waals surface area contributed by atoms with E-state index in [1.54, 1.807) is 16.3 Å². The normalized spacial score (nSPS) is 20.6. The Bertz CT molecular complexity index is 850. The van der Waals surface area contributed by atoms with Crippen molar-refractivity contribution in [2.24, 2.45) is 5.92 Å². The molecule has 1 fully saturated rings. The van der Waals surface area contributed by atoms with E-state index in [4.69, 9.17) is 23.2 Å². The van der Waals surface area contributed by atoms with Crippen LogP contribution in [0.1, 0.15) is 22.9 Å². The lowest BCUT2D eigenvalue weighted by molar-refractivity contribution is 0.779. The second kappa shape index (κ2) is 5.65. The van der Waals surface area contributed by atoms with E-state index in [2.05, 4.69) is 27.2 Å². The fraction of sp³-hybridized carbons (Fsp3) is 0.312. The molecule has 118 valence electrons. The van der Waals surface area contributed by atoms with Gasteiger partial charge in [0.15, 0.2) is 0 Å². The van der Waals surface area contributed by atoms with Gasteiger partial charge in [-0.15, -0.1) is 23.2 Å². The monoisotopic (exact) mass is 364 g/mol. The van der Waals surface area contributed by atoms with E-state index < -0.39 is 4.33 Å². The Morgan fingerprint density at radius 1 is 1.30 bits per heavy atom. The maximum Gasteiger partial charge on any atom is 0.253 e. The minimum atomic E-state index is -0.642. The second-order valence-electron chi connectivity index (χ2n) is 5.73. The van der Waals surface area contributed by atoms with Gasteiger partial charge in [0.05, 0.1) is 0 Å². The summed E-state index contributed by atoms with van der Waals surface area (Å²) in [5.74, 6) is 0.823. The molecule has 2 atom stereocenters. The van der Waals surface area contributed by atoms with Gasteiger partial charge in [-0.1, -0.05) is 42.1 Å². The van der Waals surface area contributed by atoms with Crippen molar-refractivity contribution in [1.82, 2.24) is 19.6 Å². The molecule has 1 aromatic carbocycles. The highest BCUT2D eigenvalue weighted by Crippen LogP contribution is 2.63. The average Bonchev–Trinajstić information content (AvgIpc) is 2.94. The van der Waals surface area contributed by atoms with Crippen molar-refractivity contribution >= 4 is 40.7 Å². The molecule has 1 saturated carbocycles. The number of benzene rings is 1. The van der Waals surface area contributed by atoms with Gasteiger partial charge in [0, 0.05) is 16.9 Å². The van der Waals surface area contributed by atoms with Crippen molar-refractivity contribution in [3.05, 3.63) is 54.0 Å². The molecule has 3 aromatic rings. The van der Waals surface area contributed by atoms with Crippen molar-refractivity contribution in [1.29, 1.82) is 0 Å². The Hall–Kier alpha value is -1.30. The zero-order chi connectivity index (χ0) is 16.0. The highest BCUT2D eigenvalue weighted by Gasteiger charge is 2.56. The molecule has 2 heterocycles.